The normalized spacial score (nSPS) is 20.6. The van der Waals surface area contributed by atoms with E-state index in [-0.39, 0.29) is 17.3 Å². The predicted molar refractivity (Wildman–Crippen MR) is 113 cm³/mol. The fraction of sp³-hybridized carbons (Fsp3) is 0.333. The molecule has 0 aliphatic carbocycles. The Morgan fingerprint density at radius 1 is 1.13 bits per heavy atom. The van der Waals surface area contributed by atoms with E-state index in [1.54, 1.807) is 37.7 Å². The van der Waals surface area contributed by atoms with E-state index in [1.807, 2.05) is 16.7 Å². The van der Waals surface area contributed by atoms with E-state index in [0.29, 0.717) is 18.2 Å². The molecule has 5 nitrogen and oxygen atoms in total. The van der Waals surface area contributed by atoms with Crippen LogP contribution < -0.4 is 10.3 Å². The van der Waals surface area contributed by atoms with Crippen molar-refractivity contribution in [2.45, 2.75) is 25.4 Å². The van der Waals surface area contributed by atoms with E-state index in [1.165, 1.54) is 6.07 Å². The van der Waals surface area contributed by atoms with Gasteiger partial charge in [-0.15, -0.1) is 0 Å². The monoisotopic (exact) mass is 405 g/mol. The molecule has 5 rings (SSSR count). The Bertz CT molecular complexity index is 1130. The summed E-state index contributed by atoms with van der Waals surface area (Å²) in [5.74, 6) is 1.16. The van der Waals surface area contributed by atoms with Gasteiger partial charge in [-0.3, -0.25) is 14.7 Å². The van der Waals surface area contributed by atoms with E-state index in [0.717, 1.165) is 48.4 Å². The van der Waals surface area contributed by atoms with E-state index in [2.05, 4.69) is 16.0 Å². The number of halogens is 1. The molecule has 2 aromatic heterocycles. The summed E-state index contributed by atoms with van der Waals surface area (Å²) in [6, 6.07) is 12.4. The molecular weight excluding hydrogens is 381 g/mol. The molecule has 30 heavy (non-hydrogen) atoms. The second-order valence-electron chi connectivity index (χ2n) is 8.31. The summed E-state index contributed by atoms with van der Waals surface area (Å²) in [7, 11) is 1.62. The summed E-state index contributed by atoms with van der Waals surface area (Å²) in [6.07, 6.45) is 4.60. The van der Waals surface area contributed by atoms with Crippen molar-refractivity contribution in [3.8, 4) is 16.9 Å². The third-order valence-electron chi connectivity index (χ3n) is 6.26. The van der Waals surface area contributed by atoms with E-state index < -0.39 is 0 Å². The van der Waals surface area contributed by atoms with Crippen LogP contribution in [0.5, 0.6) is 5.75 Å². The maximum Gasteiger partial charge on any atom is 0.251 e. The third kappa shape index (κ3) is 3.52. The molecule has 2 atom stereocenters. The SMILES string of the molecule is COc1ccc(F)cc1CN1C[C@@H]2C[C@H](C1)c1cc(-c3cccnc3)cc(=O)n1C2. The van der Waals surface area contributed by atoms with Gasteiger partial charge in [0.2, 0.25) is 0 Å². The molecule has 4 heterocycles. The number of hydrogen-bond donors (Lipinski definition) is 0. The lowest BCUT2D eigenvalue weighted by Gasteiger charge is -2.43. The molecule has 0 saturated carbocycles. The van der Waals surface area contributed by atoms with Crippen molar-refractivity contribution in [3.63, 3.8) is 0 Å². The number of piperidine rings is 1. The minimum Gasteiger partial charge on any atom is -0.496 e. The standard InChI is InChI=1S/C24H24FN3O2/c1-30-23-5-4-21(25)8-20(23)15-27-12-16-7-19(14-27)22-9-18(10-24(29)28(22)13-16)17-3-2-6-26-11-17/h2-6,8-11,16,19H,7,12-15H2,1H3/t16-,19+/m0/s1. The zero-order valence-corrected chi connectivity index (χ0v) is 16.9. The minimum absolute atomic E-state index is 0.0568. The maximum atomic E-state index is 13.8. The first-order valence-electron chi connectivity index (χ1n) is 10.3. The van der Waals surface area contributed by atoms with Crippen LogP contribution in [0.25, 0.3) is 11.1 Å². The van der Waals surface area contributed by atoms with Gasteiger partial charge in [0, 0.05) is 67.4 Å². The van der Waals surface area contributed by atoms with Crippen LogP contribution in [-0.2, 0) is 13.1 Å². The molecule has 0 amide bonds. The van der Waals surface area contributed by atoms with Crippen molar-refractivity contribution in [2.24, 2.45) is 5.92 Å². The van der Waals surface area contributed by atoms with Gasteiger partial charge in [-0.2, -0.15) is 0 Å². The number of methoxy groups -OCH3 is 1. The van der Waals surface area contributed by atoms with Crippen LogP contribution in [0.4, 0.5) is 4.39 Å². The zero-order valence-electron chi connectivity index (χ0n) is 16.9. The molecule has 3 aromatic rings. The molecule has 0 radical (unpaired) electrons. The number of fused-ring (bicyclic) bond motifs is 4. The topological polar surface area (TPSA) is 47.4 Å². The molecule has 2 aliphatic heterocycles. The largest absolute Gasteiger partial charge is 0.496 e. The molecule has 1 saturated heterocycles. The van der Waals surface area contributed by atoms with Crippen molar-refractivity contribution in [1.29, 1.82) is 0 Å². The van der Waals surface area contributed by atoms with Crippen LogP contribution >= 0.6 is 0 Å². The molecule has 0 spiro atoms. The smallest absolute Gasteiger partial charge is 0.251 e. The van der Waals surface area contributed by atoms with Crippen molar-refractivity contribution in [2.75, 3.05) is 20.2 Å². The fourth-order valence-electron chi connectivity index (χ4n) is 5.00. The predicted octanol–water partition coefficient (Wildman–Crippen LogP) is 3.68. The summed E-state index contributed by atoms with van der Waals surface area (Å²) in [6.45, 7) is 3.10. The lowest BCUT2D eigenvalue weighted by atomic mass is 9.82. The molecule has 2 bridgehead atoms. The highest BCUT2D eigenvalue weighted by atomic mass is 19.1. The Balaban J connectivity index is 1.45. The average Bonchev–Trinajstić information content (AvgIpc) is 2.75. The highest BCUT2D eigenvalue weighted by molar-refractivity contribution is 5.62. The fourth-order valence-corrected chi connectivity index (χ4v) is 5.00. The number of likely N-dealkylation sites (tertiary alicyclic amines) is 1. The second-order valence-corrected chi connectivity index (χ2v) is 8.31. The zero-order chi connectivity index (χ0) is 20.7. The van der Waals surface area contributed by atoms with Crippen molar-refractivity contribution in [1.82, 2.24) is 14.5 Å². The highest BCUT2D eigenvalue weighted by Crippen LogP contribution is 2.37. The van der Waals surface area contributed by atoms with Crippen LogP contribution in [0, 0.1) is 11.7 Å². The van der Waals surface area contributed by atoms with Crippen molar-refractivity contribution in [3.05, 3.63) is 82.3 Å². The lowest BCUT2D eigenvalue weighted by molar-refractivity contribution is 0.113. The Hall–Kier alpha value is -2.99. The van der Waals surface area contributed by atoms with Gasteiger partial charge in [-0.25, -0.2) is 4.39 Å². The molecule has 6 heteroatoms. The van der Waals surface area contributed by atoms with Crippen molar-refractivity contribution < 1.29 is 9.13 Å². The van der Waals surface area contributed by atoms with E-state index in [4.69, 9.17) is 4.74 Å². The number of pyridine rings is 2. The Labute approximate surface area is 174 Å². The van der Waals surface area contributed by atoms with Gasteiger partial charge in [0.15, 0.2) is 0 Å². The lowest BCUT2D eigenvalue weighted by Crippen LogP contribution is -2.46. The van der Waals surface area contributed by atoms with Crippen LogP contribution in [0.2, 0.25) is 0 Å². The summed E-state index contributed by atoms with van der Waals surface area (Å²) >= 11 is 0. The second kappa shape index (κ2) is 7.69. The van der Waals surface area contributed by atoms with E-state index >= 15 is 0 Å². The van der Waals surface area contributed by atoms with Gasteiger partial charge in [-0.05, 0) is 48.2 Å². The third-order valence-corrected chi connectivity index (χ3v) is 6.26. The van der Waals surface area contributed by atoms with Crippen LogP contribution in [0.3, 0.4) is 0 Å². The molecule has 1 aromatic carbocycles. The number of nitrogens with zero attached hydrogens (tertiary/aromatic N) is 3. The molecule has 2 aliphatic rings. The number of rotatable bonds is 4. The summed E-state index contributed by atoms with van der Waals surface area (Å²) in [5.41, 5.74) is 3.88. The molecule has 154 valence electrons. The average molecular weight is 405 g/mol. The Kier molecular flexibility index (Phi) is 4.87. The van der Waals surface area contributed by atoms with Gasteiger partial charge < -0.3 is 9.30 Å². The van der Waals surface area contributed by atoms with Gasteiger partial charge in [0.25, 0.3) is 5.56 Å². The van der Waals surface area contributed by atoms with Gasteiger partial charge in [0.1, 0.15) is 11.6 Å². The number of hydrogen-bond acceptors (Lipinski definition) is 4. The summed E-state index contributed by atoms with van der Waals surface area (Å²) in [4.78, 5) is 19.4. The quantitative estimate of drug-likeness (QED) is 0.664. The minimum atomic E-state index is -0.249. The van der Waals surface area contributed by atoms with Crippen molar-refractivity contribution >= 4 is 0 Å². The first kappa shape index (κ1) is 19.0. The highest BCUT2D eigenvalue weighted by Gasteiger charge is 2.35. The molecule has 1 fully saturated rings. The first-order valence-corrected chi connectivity index (χ1v) is 10.3. The van der Waals surface area contributed by atoms with E-state index in [9.17, 15) is 9.18 Å². The number of ether oxygens (including phenoxy) is 1. The Morgan fingerprint density at radius 3 is 2.83 bits per heavy atom. The molecule has 0 unspecified atom stereocenters. The Morgan fingerprint density at radius 2 is 2.03 bits per heavy atom. The maximum absolute atomic E-state index is 13.8. The van der Waals surface area contributed by atoms with Gasteiger partial charge in [0.05, 0.1) is 7.11 Å². The molecular formula is C24H24FN3O2. The summed E-state index contributed by atoms with van der Waals surface area (Å²) in [5, 5.41) is 0. The van der Waals surface area contributed by atoms with Crippen LogP contribution in [0.1, 0.15) is 23.6 Å². The van der Waals surface area contributed by atoms with Crippen LogP contribution in [0.15, 0.2) is 59.7 Å². The number of benzene rings is 1. The summed E-state index contributed by atoms with van der Waals surface area (Å²) < 4.78 is 21.2. The van der Waals surface area contributed by atoms with Gasteiger partial charge >= 0.3 is 0 Å². The molecule has 0 N–H and O–H groups in total. The first-order chi connectivity index (χ1) is 14.6. The van der Waals surface area contributed by atoms with Crippen LogP contribution in [-0.4, -0.2) is 34.7 Å². The van der Waals surface area contributed by atoms with Gasteiger partial charge in [-0.1, -0.05) is 6.07 Å². The number of aromatic nitrogens is 2.